The van der Waals surface area contributed by atoms with Gasteiger partial charge in [-0.25, -0.2) is 4.39 Å². The smallest absolute Gasteiger partial charge is 0.138 e. The van der Waals surface area contributed by atoms with Crippen molar-refractivity contribution < 1.29 is 8.94 Å². The highest BCUT2D eigenvalue weighted by molar-refractivity contribution is 8.15. The van der Waals surface area contributed by atoms with Crippen molar-refractivity contribution >= 4 is 17.0 Å². The maximum atomic E-state index is 12.9. The maximum absolute atomic E-state index is 12.9. The first-order valence-corrected chi connectivity index (χ1v) is 4.60. The summed E-state index contributed by atoms with van der Waals surface area (Å²) in [6.45, 7) is 0. The number of hydrogen-bond donors (Lipinski definition) is 2. The van der Waals surface area contributed by atoms with E-state index < -0.39 is 11.2 Å². The molecule has 0 spiro atoms. The van der Waals surface area contributed by atoms with Gasteiger partial charge in [-0.2, -0.15) is 0 Å². The molecule has 1 heterocycles. The Bertz CT molecular complexity index is 322. The van der Waals surface area contributed by atoms with Crippen molar-refractivity contribution in [2.24, 2.45) is 0 Å². The molecule has 58 valence electrons. The third kappa shape index (κ3) is 0.968. The van der Waals surface area contributed by atoms with Crippen LogP contribution in [0.4, 0.5) is 4.39 Å². The molecule has 0 saturated heterocycles. The Morgan fingerprint density at radius 2 is 2.00 bits per heavy atom. The number of rotatable bonds is 0. The summed E-state index contributed by atoms with van der Waals surface area (Å²) in [4.78, 5) is 0.722. The Balaban J connectivity index is 2.62. The molecule has 1 aliphatic heterocycles. The third-order valence-corrected chi connectivity index (χ3v) is 3.00. The minimum Gasteiger partial charge on any atom is -0.346 e. The summed E-state index contributed by atoms with van der Waals surface area (Å²) >= 11 is -1.36. The first-order valence-electron chi connectivity index (χ1n) is 3.24. The van der Waals surface area contributed by atoms with E-state index in [2.05, 4.69) is 0 Å². The van der Waals surface area contributed by atoms with E-state index in [-0.39, 0.29) is 5.83 Å². The largest absolute Gasteiger partial charge is 0.346 e. The van der Waals surface area contributed by atoms with Crippen LogP contribution in [0.15, 0.2) is 34.6 Å². The second-order valence-corrected chi connectivity index (χ2v) is 3.77. The standard InChI is InChI=1S/C8H7FOS/c9-7-5-11(10)8-4-2-1-3-6(7)8/h1-5,10-11H. The van der Waals surface area contributed by atoms with Crippen molar-refractivity contribution in [1.82, 2.24) is 0 Å². The maximum Gasteiger partial charge on any atom is 0.138 e. The summed E-state index contributed by atoms with van der Waals surface area (Å²) in [5.74, 6) is -0.297. The number of fused-ring (bicyclic) bond motifs is 1. The van der Waals surface area contributed by atoms with E-state index >= 15 is 0 Å². The van der Waals surface area contributed by atoms with E-state index in [1.165, 1.54) is 5.41 Å². The molecule has 0 aliphatic carbocycles. The molecule has 1 aromatic rings. The molecule has 1 aliphatic rings. The lowest BCUT2D eigenvalue weighted by Crippen LogP contribution is -1.77. The second-order valence-electron chi connectivity index (χ2n) is 2.34. The Morgan fingerprint density at radius 3 is 2.73 bits per heavy atom. The van der Waals surface area contributed by atoms with Crippen LogP contribution in [-0.2, 0) is 0 Å². The van der Waals surface area contributed by atoms with Crippen LogP contribution in [0.25, 0.3) is 5.83 Å². The third-order valence-electron chi connectivity index (χ3n) is 1.64. The molecule has 1 aromatic carbocycles. The van der Waals surface area contributed by atoms with Gasteiger partial charge in [0.2, 0.25) is 0 Å². The second kappa shape index (κ2) is 2.36. The zero-order valence-corrected chi connectivity index (χ0v) is 6.55. The van der Waals surface area contributed by atoms with Gasteiger partial charge in [0.25, 0.3) is 0 Å². The summed E-state index contributed by atoms with van der Waals surface area (Å²) in [7, 11) is 0. The minimum atomic E-state index is -1.36. The quantitative estimate of drug-likeness (QED) is 0.574. The number of hydrogen-bond acceptors (Lipinski definition) is 1. The molecule has 0 saturated carbocycles. The lowest BCUT2D eigenvalue weighted by Gasteiger charge is -2.04. The molecule has 1 nitrogen and oxygen atoms in total. The van der Waals surface area contributed by atoms with Crippen molar-refractivity contribution in [3.05, 3.63) is 35.2 Å². The first kappa shape index (κ1) is 6.88. The number of benzene rings is 1. The predicted octanol–water partition coefficient (Wildman–Crippen LogP) is 2.80. The molecule has 0 aromatic heterocycles. The highest BCUT2D eigenvalue weighted by atomic mass is 32.2. The van der Waals surface area contributed by atoms with Crippen LogP contribution in [0.2, 0.25) is 0 Å². The highest BCUT2D eigenvalue weighted by Crippen LogP contribution is 2.46. The lowest BCUT2D eigenvalue weighted by molar-refractivity contribution is 0.655. The van der Waals surface area contributed by atoms with E-state index in [1.807, 2.05) is 0 Å². The van der Waals surface area contributed by atoms with Crippen molar-refractivity contribution in [3.8, 4) is 0 Å². The zero-order valence-electron chi connectivity index (χ0n) is 5.66. The molecule has 1 N–H and O–H groups in total. The number of halogens is 1. The highest BCUT2D eigenvalue weighted by Gasteiger charge is 2.17. The SMILES string of the molecule is O[SH]1C=C(F)c2ccccc21. The van der Waals surface area contributed by atoms with Crippen molar-refractivity contribution in [2.45, 2.75) is 4.90 Å². The molecule has 0 radical (unpaired) electrons. The van der Waals surface area contributed by atoms with Gasteiger partial charge < -0.3 is 4.55 Å². The van der Waals surface area contributed by atoms with Crippen LogP contribution >= 0.6 is 11.2 Å². The van der Waals surface area contributed by atoms with Crippen molar-refractivity contribution in [3.63, 3.8) is 0 Å². The van der Waals surface area contributed by atoms with E-state index in [4.69, 9.17) is 0 Å². The molecular weight excluding hydrogens is 163 g/mol. The average molecular weight is 170 g/mol. The molecule has 11 heavy (non-hydrogen) atoms. The topological polar surface area (TPSA) is 20.2 Å². The Labute approximate surface area is 66.7 Å². The van der Waals surface area contributed by atoms with Gasteiger partial charge in [-0.3, -0.25) is 0 Å². The van der Waals surface area contributed by atoms with Gasteiger partial charge in [0.05, 0.1) is 0 Å². The summed E-state index contributed by atoms with van der Waals surface area (Å²) in [5.41, 5.74) is 0.543. The predicted molar refractivity (Wildman–Crippen MR) is 45.4 cm³/mol. The fraction of sp³-hybridized carbons (Fsp3) is 0. The number of thiol groups is 1. The summed E-state index contributed by atoms with van der Waals surface area (Å²) in [6, 6.07) is 7.00. The van der Waals surface area contributed by atoms with Gasteiger partial charge in [0.15, 0.2) is 0 Å². The zero-order chi connectivity index (χ0) is 7.84. The van der Waals surface area contributed by atoms with E-state index in [9.17, 15) is 8.94 Å². The fourth-order valence-corrected chi connectivity index (χ4v) is 2.28. The van der Waals surface area contributed by atoms with Gasteiger partial charge in [-0.1, -0.05) is 29.4 Å². The molecule has 0 fully saturated rings. The monoisotopic (exact) mass is 170 g/mol. The van der Waals surface area contributed by atoms with Gasteiger partial charge in [0, 0.05) is 15.9 Å². The van der Waals surface area contributed by atoms with E-state index in [0.717, 1.165) is 4.90 Å². The van der Waals surface area contributed by atoms with Crippen molar-refractivity contribution in [1.29, 1.82) is 0 Å². The Kier molecular flexibility index (Phi) is 1.47. The van der Waals surface area contributed by atoms with E-state index in [1.54, 1.807) is 24.3 Å². The normalized spacial score (nSPS) is 24.5. The van der Waals surface area contributed by atoms with E-state index in [0.29, 0.717) is 5.56 Å². The van der Waals surface area contributed by atoms with Gasteiger partial charge in [-0.05, 0) is 6.07 Å². The first-order chi connectivity index (χ1) is 5.29. The van der Waals surface area contributed by atoms with Crippen LogP contribution < -0.4 is 0 Å². The minimum absolute atomic E-state index is 0.297. The Morgan fingerprint density at radius 1 is 1.27 bits per heavy atom. The molecule has 2 rings (SSSR count). The molecule has 1 atom stereocenters. The molecule has 0 bridgehead atoms. The van der Waals surface area contributed by atoms with Gasteiger partial charge in [0.1, 0.15) is 5.83 Å². The van der Waals surface area contributed by atoms with Gasteiger partial charge in [-0.15, -0.1) is 0 Å². The van der Waals surface area contributed by atoms with Crippen LogP contribution in [0.1, 0.15) is 5.56 Å². The Hall–Kier alpha value is -0.800. The molecule has 3 heteroatoms. The average Bonchev–Trinajstić information content (AvgIpc) is 2.30. The van der Waals surface area contributed by atoms with Crippen LogP contribution in [0, 0.1) is 0 Å². The van der Waals surface area contributed by atoms with Gasteiger partial charge >= 0.3 is 0 Å². The molecular formula is C8H7FOS. The van der Waals surface area contributed by atoms with Crippen LogP contribution in [-0.4, -0.2) is 4.55 Å². The summed E-state index contributed by atoms with van der Waals surface area (Å²) in [6.07, 6.45) is 0. The van der Waals surface area contributed by atoms with Crippen molar-refractivity contribution in [2.75, 3.05) is 0 Å². The summed E-state index contributed by atoms with van der Waals surface area (Å²) in [5, 5.41) is 1.28. The molecule has 1 unspecified atom stereocenters. The van der Waals surface area contributed by atoms with Crippen LogP contribution in [0.3, 0.4) is 0 Å². The van der Waals surface area contributed by atoms with Crippen LogP contribution in [0.5, 0.6) is 0 Å². The molecule has 0 amide bonds. The summed E-state index contributed by atoms with van der Waals surface area (Å²) < 4.78 is 22.2. The fourth-order valence-electron chi connectivity index (χ4n) is 1.12. The lowest BCUT2D eigenvalue weighted by atomic mass is 10.2.